The average molecular weight is 328 g/mol. The molecule has 24 heavy (non-hydrogen) atoms. The first-order valence-electron chi connectivity index (χ1n) is 8.23. The van der Waals surface area contributed by atoms with Gasteiger partial charge in [0.1, 0.15) is 0 Å². The van der Waals surface area contributed by atoms with Crippen LogP contribution in [0.3, 0.4) is 0 Å². The molecule has 0 bridgehead atoms. The van der Waals surface area contributed by atoms with E-state index in [1.807, 2.05) is 18.3 Å². The molecular weight excluding hydrogens is 304 g/mol. The summed E-state index contributed by atoms with van der Waals surface area (Å²) in [5.41, 5.74) is 3.13. The van der Waals surface area contributed by atoms with Gasteiger partial charge in [-0.3, -0.25) is 9.88 Å². The summed E-state index contributed by atoms with van der Waals surface area (Å²) in [6, 6.07) is 8.09. The van der Waals surface area contributed by atoms with Crippen molar-refractivity contribution in [3.8, 4) is 28.5 Å². The van der Waals surface area contributed by atoms with Gasteiger partial charge in [-0.25, -0.2) is 0 Å². The van der Waals surface area contributed by atoms with Gasteiger partial charge in [0.15, 0.2) is 11.5 Å². The van der Waals surface area contributed by atoms with Crippen LogP contribution in [0.15, 0.2) is 30.5 Å². The molecule has 5 nitrogen and oxygen atoms in total. The molecule has 1 fully saturated rings. The molecule has 0 amide bonds. The zero-order valence-electron chi connectivity index (χ0n) is 14.5. The Morgan fingerprint density at radius 2 is 1.62 bits per heavy atom. The number of likely N-dealkylation sites (tertiary alicyclic amines) is 1. The number of aromatic nitrogens is 1. The Hall–Kier alpha value is -2.27. The number of pyridine rings is 1. The van der Waals surface area contributed by atoms with Gasteiger partial charge in [0, 0.05) is 18.3 Å². The quantitative estimate of drug-likeness (QED) is 0.813. The maximum absolute atomic E-state index is 5.44. The van der Waals surface area contributed by atoms with E-state index >= 15 is 0 Å². The Morgan fingerprint density at radius 1 is 0.958 bits per heavy atom. The Morgan fingerprint density at radius 3 is 2.21 bits per heavy atom. The van der Waals surface area contributed by atoms with Gasteiger partial charge >= 0.3 is 0 Å². The summed E-state index contributed by atoms with van der Waals surface area (Å²) in [6.07, 6.45) is 4.46. The van der Waals surface area contributed by atoms with E-state index in [9.17, 15) is 0 Å². The summed E-state index contributed by atoms with van der Waals surface area (Å²) in [7, 11) is 4.85. The molecule has 1 aromatic carbocycles. The predicted octanol–water partition coefficient (Wildman–Crippen LogP) is 3.37. The molecule has 1 aliphatic rings. The number of rotatable bonds is 6. The number of methoxy groups -OCH3 is 3. The third-order valence-corrected chi connectivity index (χ3v) is 4.39. The Balaban J connectivity index is 1.93. The summed E-state index contributed by atoms with van der Waals surface area (Å²) >= 11 is 0. The van der Waals surface area contributed by atoms with Crippen LogP contribution in [-0.4, -0.2) is 44.3 Å². The highest BCUT2D eigenvalue weighted by molar-refractivity contribution is 5.69. The standard InChI is InChI=1S/C19H24N2O3/c1-22-17-11-15(12-18(23-2)19(17)24-3)16-10-14(6-7-20-16)13-21-8-4-5-9-21/h6-7,10-12H,4-5,8-9,13H2,1-3H3. The maximum atomic E-state index is 5.44. The molecule has 1 aromatic heterocycles. The molecule has 0 atom stereocenters. The second-order valence-corrected chi connectivity index (χ2v) is 5.95. The molecule has 1 aliphatic heterocycles. The molecule has 2 heterocycles. The molecule has 3 rings (SSSR count). The lowest BCUT2D eigenvalue weighted by Crippen LogP contribution is -2.18. The molecule has 0 saturated carbocycles. The van der Waals surface area contributed by atoms with Crippen LogP contribution >= 0.6 is 0 Å². The van der Waals surface area contributed by atoms with E-state index < -0.39 is 0 Å². The second kappa shape index (κ2) is 7.53. The molecule has 0 unspecified atom stereocenters. The minimum atomic E-state index is 0.594. The zero-order valence-corrected chi connectivity index (χ0v) is 14.5. The first kappa shape index (κ1) is 16.6. The van der Waals surface area contributed by atoms with Gasteiger partial charge in [0.2, 0.25) is 5.75 Å². The lowest BCUT2D eigenvalue weighted by atomic mass is 10.1. The first-order chi connectivity index (χ1) is 11.7. The van der Waals surface area contributed by atoms with Crippen molar-refractivity contribution in [2.45, 2.75) is 19.4 Å². The van der Waals surface area contributed by atoms with Crippen LogP contribution < -0.4 is 14.2 Å². The fourth-order valence-corrected chi connectivity index (χ4v) is 3.16. The first-order valence-corrected chi connectivity index (χ1v) is 8.23. The van der Waals surface area contributed by atoms with Crippen LogP contribution in [0.25, 0.3) is 11.3 Å². The van der Waals surface area contributed by atoms with Crippen molar-refractivity contribution in [2.75, 3.05) is 34.4 Å². The van der Waals surface area contributed by atoms with Crippen LogP contribution in [0.4, 0.5) is 0 Å². The van der Waals surface area contributed by atoms with Crippen molar-refractivity contribution < 1.29 is 14.2 Å². The van der Waals surface area contributed by atoms with Crippen molar-refractivity contribution in [3.05, 3.63) is 36.0 Å². The number of hydrogen-bond acceptors (Lipinski definition) is 5. The van der Waals surface area contributed by atoms with Gasteiger partial charge in [0.05, 0.1) is 27.0 Å². The van der Waals surface area contributed by atoms with Crippen molar-refractivity contribution >= 4 is 0 Å². The molecule has 0 spiro atoms. The summed E-state index contributed by atoms with van der Waals surface area (Å²) in [6.45, 7) is 3.34. The number of ether oxygens (including phenoxy) is 3. The molecule has 5 heteroatoms. The number of benzene rings is 1. The summed E-state index contributed by atoms with van der Waals surface area (Å²) < 4.78 is 16.3. The van der Waals surface area contributed by atoms with Crippen LogP contribution in [0.5, 0.6) is 17.2 Å². The largest absolute Gasteiger partial charge is 0.493 e. The molecule has 0 N–H and O–H groups in total. The highest BCUT2D eigenvalue weighted by Gasteiger charge is 2.16. The molecule has 128 valence electrons. The molecule has 1 saturated heterocycles. The number of hydrogen-bond donors (Lipinski definition) is 0. The minimum absolute atomic E-state index is 0.594. The third kappa shape index (κ3) is 3.46. The maximum Gasteiger partial charge on any atom is 0.203 e. The predicted molar refractivity (Wildman–Crippen MR) is 93.8 cm³/mol. The lowest BCUT2D eigenvalue weighted by molar-refractivity contribution is 0.324. The molecule has 0 aliphatic carbocycles. The second-order valence-electron chi connectivity index (χ2n) is 5.95. The normalized spacial score (nSPS) is 14.6. The van der Waals surface area contributed by atoms with Crippen LogP contribution in [0.1, 0.15) is 18.4 Å². The molecule has 0 radical (unpaired) electrons. The van der Waals surface area contributed by atoms with Gasteiger partial charge in [-0.1, -0.05) is 0 Å². The highest BCUT2D eigenvalue weighted by Crippen LogP contribution is 2.40. The van der Waals surface area contributed by atoms with Crippen LogP contribution in [0.2, 0.25) is 0 Å². The monoisotopic (exact) mass is 328 g/mol. The Labute approximate surface area is 143 Å². The average Bonchev–Trinajstić information content (AvgIpc) is 3.13. The zero-order chi connectivity index (χ0) is 16.9. The van der Waals surface area contributed by atoms with Gasteiger partial charge in [-0.15, -0.1) is 0 Å². The van der Waals surface area contributed by atoms with Gasteiger partial charge in [-0.2, -0.15) is 0 Å². The van der Waals surface area contributed by atoms with Crippen LogP contribution in [-0.2, 0) is 6.54 Å². The van der Waals surface area contributed by atoms with Gasteiger partial charge in [0.25, 0.3) is 0 Å². The smallest absolute Gasteiger partial charge is 0.203 e. The van der Waals surface area contributed by atoms with E-state index in [0.29, 0.717) is 17.2 Å². The van der Waals surface area contributed by atoms with E-state index in [1.165, 1.54) is 31.5 Å². The van der Waals surface area contributed by atoms with E-state index in [1.54, 1.807) is 21.3 Å². The minimum Gasteiger partial charge on any atom is -0.493 e. The van der Waals surface area contributed by atoms with Crippen molar-refractivity contribution in [2.24, 2.45) is 0 Å². The fourth-order valence-electron chi connectivity index (χ4n) is 3.16. The van der Waals surface area contributed by atoms with E-state index in [4.69, 9.17) is 14.2 Å². The van der Waals surface area contributed by atoms with Gasteiger partial charge < -0.3 is 14.2 Å². The lowest BCUT2D eigenvalue weighted by Gasteiger charge is -2.16. The fraction of sp³-hybridized carbons (Fsp3) is 0.421. The topological polar surface area (TPSA) is 43.8 Å². The van der Waals surface area contributed by atoms with Crippen molar-refractivity contribution in [1.82, 2.24) is 9.88 Å². The Kier molecular flexibility index (Phi) is 5.20. The van der Waals surface area contributed by atoms with Crippen molar-refractivity contribution in [3.63, 3.8) is 0 Å². The summed E-state index contributed by atoms with van der Waals surface area (Å²) in [4.78, 5) is 7.00. The van der Waals surface area contributed by atoms with E-state index in [0.717, 1.165) is 17.8 Å². The van der Waals surface area contributed by atoms with E-state index in [-0.39, 0.29) is 0 Å². The number of nitrogens with zero attached hydrogens (tertiary/aromatic N) is 2. The Bertz CT molecular complexity index is 672. The van der Waals surface area contributed by atoms with Crippen molar-refractivity contribution in [1.29, 1.82) is 0 Å². The van der Waals surface area contributed by atoms with E-state index in [2.05, 4.69) is 22.0 Å². The molecular formula is C19H24N2O3. The highest BCUT2D eigenvalue weighted by atomic mass is 16.5. The SMILES string of the molecule is COc1cc(-c2cc(CN3CCCC3)ccn2)cc(OC)c1OC. The summed E-state index contributed by atoms with van der Waals surface area (Å²) in [5.74, 6) is 1.87. The van der Waals surface area contributed by atoms with Crippen LogP contribution in [0, 0.1) is 0 Å². The van der Waals surface area contributed by atoms with Gasteiger partial charge in [-0.05, 0) is 55.8 Å². The third-order valence-electron chi connectivity index (χ3n) is 4.39. The molecule has 2 aromatic rings. The summed E-state index contributed by atoms with van der Waals surface area (Å²) in [5, 5.41) is 0.